The minimum absolute atomic E-state index is 0.100. The number of nitrogens with zero attached hydrogens (tertiary/aromatic N) is 1. The molecule has 2 heterocycles. The number of hydrogen-bond acceptors (Lipinski definition) is 4. The first kappa shape index (κ1) is 18.3. The molecule has 0 saturated carbocycles. The fourth-order valence-electron chi connectivity index (χ4n) is 3.60. The molecule has 6 heteroatoms. The second-order valence-corrected chi connectivity index (χ2v) is 7.45. The molecular formula is C19H28FN2O3+. The zero-order chi connectivity index (χ0) is 18.2. The van der Waals surface area contributed by atoms with E-state index in [0.29, 0.717) is 25.1 Å². The molecule has 0 aromatic carbocycles. The Hall–Kier alpha value is -1.47. The lowest BCUT2D eigenvalue weighted by Gasteiger charge is -2.26. The van der Waals surface area contributed by atoms with Gasteiger partial charge in [-0.15, -0.1) is 0 Å². The fourth-order valence-corrected chi connectivity index (χ4v) is 3.60. The summed E-state index contributed by atoms with van der Waals surface area (Å²) in [5.41, 5.74) is 3.50. The summed E-state index contributed by atoms with van der Waals surface area (Å²) in [7, 11) is 5.41. The zero-order valence-electron chi connectivity index (χ0n) is 15.4. The van der Waals surface area contributed by atoms with E-state index < -0.39 is 12.6 Å². The number of hydrogen-bond donors (Lipinski definition) is 2. The maximum absolute atomic E-state index is 15.0. The number of rotatable bonds is 3. The monoisotopic (exact) mass is 351 g/mol. The summed E-state index contributed by atoms with van der Waals surface area (Å²) in [5.74, 6) is 0.668. The van der Waals surface area contributed by atoms with Crippen LogP contribution in [-0.4, -0.2) is 63.1 Å². The summed E-state index contributed by atoms with van der Waals surface area (Å²) in [5, 5.41) is 13.5. The van der Waals surface area contributed by atoms with Crippen LogP contribution in [0.1, 0.15) is 13.3 Å². The van der Waals surface area contributed by atoms with Gasteiger partial charge in [0.2, 0.25) is 0 Å². The lowest BCUT2D eigenvalue weighted by molar-refractivity contribution is -0.912. The molecule has 0 amide bonds. The van der Waals surface area contributed by atoms with Crippen molar-refractivity contribution in [3.05, 3.63) is 46.4 Å². The van der Waals surface area contributed by atoms with Crippen molar-refractivity contribution in [2.45, 2.75) is 25.9 Å². The minimum atomic E-state index is -1.04. The number of quaternary nitrogens is 1. The Bertz CT molecular complexity index is 664. The van der Waals surface area contributed by atoms with Crippen LogP contribution in [0, 0.1) is 5.92 Å². The van der Waals surface area contributed by atoms with Crippen LogP contribution < -0.4 is 5.32 Å². The van der Waals surface area contributed by atoms with Crippen molar-refractivity contribution in [3.8, 4) is 0 Å². The molecule has 3 rings (SSSR count). The summed E-state index contributed by atoms with van der Waals surface area (Å²) in [4.78, 5) is 0. The highest BCUT2D eigenvalue weighted by molar-refractivity contribution is 5.50. The summed E-state index contributed by atoms with van der Waals surface area (Å²) in [6.45, 7) is 3.41. The Morgan fingerprint density at radius 1 is 1.44 bits per heavy atom. The maximum Gasteiger partial charge on any atom is 0.353 e. The molecule has 0 fully saturated rings. The number of methoxy groups -OCH3 is 1. The standard InChI is InChI=1S/C19H28FN2O3/c1-12-9-21-10-14(15(11-24-4)18(12)20)13-6-5-7-17-16(8-13)22(2,3)19(23)25-17/h5-6,8,12,18-19,21,23H,7,9-11H2,1-4H3/q+1. The van der Waals surface area contributed by atoms with Crippen LogP contribution in [-0.2, 0) is 9.47 Å². The Morgan fingerprint density at radius 3 is 2.92 bits per heavy atom. The number of nitrogens with one attached hydrogen (secondary N) is 1. The molecule has 2 N–H and O–H groups in total. The smallest absolute Gasteiger partial charge is 0.353 e. The third kappa shape index (κ3) is 3.31. The topological polar surface area (TPSA) is 50.7 Å². The van der Waals surface area contributed by atoms with E-state index in [2.05, 4.69) is 5.32 Å². The largest absolute Gasteiger partial charge is 0.417 e. The van der Waals surface area contributed by atoms with Gasteiger partial charge in [0.05, 0.1) is 20.7 Å². The first-order chi connectivity index (χ1) is 11.9. The number of likely N-dealkylation sites (N-methyl/N-ethyl adjacent to an activating group) is 1. The summed E-state index contributed by atoms with van der Waals surface area (Å²) in [6.07, 6.45) is 4.70. The number of alkyl halides is 1. The number of aliphatic hydroxyl groups is 1. The van der Waals surface area contributed by atoms with Crippen molar-refractivity contribution >= 4 is 0 Å². The van der Waals surface area contributed by atoms with Crippen LogP contribution in [0.25, 0.3) is 0 Å². The van der Waals surface area contributed by atoms with Gasteiger partial charge < -0.3 is 19.9 Å². The lowest BCUT2D eigenvalue weighted by Crippen LogP contribution is -2.44. The van der Waals surface area contributed by atoms with Gasteiger partial charge in [0.25, 0.3) is 0 Å². The molecule has 3 atom stereocenters. The van der Waals surface area contributed by atoms with Gasteiger partial charge in [0.1, 0.15) is 6.17 Å². The van der Waals surface area contributed by atoms with E-state index in [0.717, 1.165) is 22.6 Å². The van der Waals surface area contributed by atoms with Gasteiger partial charge in [-0.05, 0) is 16.7 Å². The minimum Gasteiger partial charge on any atom is -0.417 e. The molecule has 5 nitrogen and oxygen atoms in total. The van der Waals surface area contributed by atoms with Crippen molar-refractivity contribution in [2.75, 3.05) is 40.9 Å². The lowest BCUT2D eigenvalue weighted by atomic mass is 9.92. The van der Waals surface area contributed by atoms with Gasteiger partial charge in [-0.3, -0.25) is 0 Å². The first-order valence-electron chi connectivity index (χ1n) is 8.72. The van der Waals surface area contributed by atoms with Crippen molar-refractivity contribution in [1.29, 1.82) is 0 Å². The van der Waals surface area contributed by atoms with Crippen LogP contribution in [0.4, 0.5) is 4.39 Å². The van der Waals surface area contributed by atoms with Gasteiger partial charge in [-0.1, -0.05) is 19.1 Å². The highest BCUT2D eigenvalue weighted by Gasteiger charge is 2.43. The van der Waals surface area contributed by atoms with Crippen LogP contribution >= 0.6 is 0 Å². The first-order valence-corrected chi connectivity index (χ1v) is 8.72. The average molecular weight is 351 g/mol. The molecule has 0 bridgehead atoms. The molecule has 0 radical (unpaired) electrons. The highest BCUT2D eigenvalue weighted by Crippen LogP contribution is 2.37. The second-order valence-electron chi connectivity index (χ2n) is 7.45. The Balaban J connectivity index is 2.07. The predicted octanol–water partition coefficient (Wildman–Crippen LogP) is 1.99. The maximum atomic E-state index is 15.0. The number of aliphatic hydroxyl groups excluding tert-OH is 1. The van der Waals surface area contributed by atoms with Gasteiger partial charge in [0.15, 0.2) is 11.5 Å². The summed E-state index contributed by atoms with van der Waals surface area (Å²) >= 11 is 0. The third-order valence-corrected chi connectivity index (χ3v) is 5.24. The van der Waals surface area contributed by atoms with Crippen LogP contribution in [0.15, 0.2) is 46.4 Å². The quantitative estimate of drug-likeness (QED) is 0.764. The van der Waals surface area contributed by atoms with Crippen molar-refractivity contribution < 1.29 is 23.5 Å². The molecule has 0 spiro atoms. The summed E-state index contributed by atoms with van der Waals surface area (Å²) in [6, 6.07) is 0. The summed E-state index contributed by atoms with van der Waals surface area (Å²) < 4.78 is 26.1. The molecule has 2 aliphatic heterocycles. The second kappa shape index (κ2) is 7.03. The predicted molar refractivity (Wildman–Crippen MR) is 93.9 cm³/mol. The molecule has 1 aliphatic carbocycles. The highest BCUT2D eigenvalue weighted by atomic mass is 19.1. The van der Waals surface area contributed by atoms with Gasteiger partial charge >= 0.3 is 6.41 Å². The van der Waals surface area contributed by atoms with Crippen LogP contribution in [0.3, 0.4) is 0 Å². The average Bonchev–Trinajstić information content (AvgIpc) is 2.75. The van der Waals surface area contributed by atoms with Crippen molar-refractivity contribution in [3.63, 3.8) is 0 Å². The molecule has 3 aliphatic rings. The van der Waals surface area contributed by atoms with Gasteiger partial charge in [-0.2, -0.15) is 0 Å². The van der Waals surface area contributed by atoms with E-state index in [4.69, 9.17) is 9.47 Å². The van der Waals surface area contributed by atoms with E-state index in [-0.39, 0.29) is 17.0 Å². The normalized spacial score (nSPS) is 32.1. The fraction of sp³-hybridized carbons (Fsp3) is 0.579. The molecule has 3 unspecified atom stereocenters. The molecule has 25 heavy (non-hydrogen) atoms. The Labute approximate surface area is 148 Å². The molecule has 0 saturated heterocycles. The van der Waals surface area contributed by atoms with Gasteiger partial charge in [-0.25, -0.2) is 8.87 Å². The van der Waals surface area contributed by atoms with Crippen molar-refractivity contribution in [2.24, 2.45) is 5.92 Å². The number of halogens is 1. The van der Waals surface area contributed by atoms with Crippen LogP contribution in [0.2, 0.25) is 0 Å². The zero-order valence-corrected chi connectivity index (χ0v) is 15.4. The van der Waals surface area contributed by atoms with Crippen molar-refractivity contribution in [1.82, 2.24) is 5.32 Å². The Kier molecular flexibility index (Phi) is 5.16. The molecular weight excluding hydrogens is 323 g/mol. The van der Waals surface area contributed by atoms with Crippen LogP contribution in [0.5, 0.6) is 0 Å². The number of ether oxygens (including phenoxy) is 2. The van der Waals surface area contributed by atoms with E-state index >= 15 is 0 Å². The third-order valence-electron chi connectivity index (χ3n) is 5.24. The molecule has 0 aromatic rings. The molecule has 138 valence electrons. The van der Waals surface area contributed by atoms with Gasteiger partial charge in [0, 0.05) is 38.6 Å². The number of allylic oxidation sites excluding steroid dienone is 3. The molecule has 0 aromatic heterocycles. The van der Waals surface area contributed by atoms with E-state index in [9.17, 15) is 9.50 Å². The Morgan fingerprint density at radius 2 is 2.20 bits per heavy atom. The van der Waals surface area contributed by atoms with E-state index in [1.807, 2.05) is 39.2 Å². The van der Waals surface area contributed by atoms with E-state index in [1.165, 1.54) is 0 Å². The SMILES string of the molecule is COCC1=C(C2=CC3=C(CC=C2)OC(O)[N+]3(C)C)CNCC(C)C1F. The van der Waals surface area contributed by atoms with E-state index in [1.54, 1.807) is 7.11 Å².